The number of hydrogen-bond donors (Lipinski definition) is 0. The van der Waals surface area contributed by atoms with E-state index in [0.717, 1.165) is 22.0 Å². The lowest BCUT2D eigenvalue weighted by molar-refractivity contribution is 0.306. The van der Waals surface area contributed by atoms with Gasteiger partial charge in [-0.15, -0.1) is 11.3 Å². The van der Waals surface area contributed by atoms with Crippen LogP contribution < -0.4 is 4.74 Å². The molecule has 1 aromatic carbocycles. The highest BCUT2D eigenvalue weighted by molar-refractivity contribution is 7.09. The van der Waals surface area contributed by atoms with Crippen molar-refractivity contribution < 1.29 is 4.74 Å². The van der Waals surface area contributed by atoms with Crippen LogP contribution in [0.5, 0.6) is 5.75 Å². The van der Waals surface area contributed by atoms with Crippen LogP contribution in [0.3, 0.4) is 0 Å². The van der Waals surface area contributed by atoms with Gasteiger partial charge < -0.3 is 9.64 Å². The highest BCUT2D eigenvalue weighted by atomic mass is 32.1. The van der Waals surface area contributed by atoms with Crippen molar-refractivity contribution in [3.63, 3.8) is 0 Å². The molecule has 2 aromatic rings. The number of aliphatic imine (C=N–C) groups is 1. The first kappa shape index (κ1) is 18.1. The number of likely N-dealkylation sites (N-methyl/N-ethyl adjacent to an activating group) is 1. The van der Waals surface area contributed by atoms with Crippen LogP contribution in [-0.2, 0) is 0 Å². The second-order valence-electron chi connectivity index (χ2n) is 5.70. The van der Waals surface area contributed by atoms with Gasteiger partial charge in [0.1, 0.15) is 16.7 Å². The van der Waals surface area contributed by atoms with Gasteiger partial charge in [0.05, 0.1) is 25.8 Å². The minimum atomic E-state index is -0.387. The summed E-state index contributed by atoms with van der Waals surface area (Å²) in [6, 6.07) is 10.4. The average molecular weight is 342 g/mol. The second-order valence-corrected chi connectivity index (χ2v) is 6.59. The predicted octanol–water partition coefficient (Wildman–Crippen LogP) is 3.44. The van der Waals surface area contributed by atoms with E-state index in [9.17, 15) is 5.26 Å². The number of aromatic nitrogens is 1. The van der Waals surface area contributed by atoms with Crippen LogP contribution in [0.4, 0.5) is 0 Å². The van der Waals surface area contributed by atoms with Crippen molar-refractivity contribution in [2.24, 2.45) is 4.99 Å². The summed E-state index contributed by atoms with van der Waals surface area (Å²) in [4.78, 5) is 11.0. The number of nitriles is 1. The topological polar surface area (TPSA) is 61.5 Å². The molecule has 0 saturated carbocycles. The molecule has 0 spiro atoms. The second kappa shape index (κ2) is 8.57. The van der Waals surface area contributed by atoms with Crippen LogP contribution in [0.1, 0.15) is 28.2 Å². The standard InChI is InChI=1S/C18H22N4OS/c1-13-12-24-18(21-13)15(9-19)10-20-11-17(22(2)3)14-5-7-16(23-4)8-6-14/h5-8,10,12,15,17H,11H2,1-4H3/t15-,17-/m1/s1. The van der Waals surface area contributed by atoms with E-state index in [4.69, 9.17) is 4.74 Å². The Morgan fingerprint density at radius 3 is 2.58 bits per heavy atom. The highest BCUT2D eigenvalue weighted by Gasteiger charge is 2.15. The Kier molecular flexibility index (Phi) is 6.47. The van der Waals surface area contributed by atoms with Gasteiger partial charge in [-0.2, -0.15) is 5.26 Å². The Hall–Kier alpha value is -2.23. The van der Waals surface area contributed by atoms with Crippen molar-refractivity contribution in [2.45, 2.75) is 18.9 Å². The molecule has 0 fully saturated rings. The zero-order valence-corrected chi connectivity index (χ0v) is 15.2. The summed E-state index contributed by atoms with van der Waals surface area (Å²) in [7, 11) is 5.71. The summed E-state index contributed by atoms with van der Waals surface area (Å²) >= 11 is 1.50. The number of aryl methyl sites for hydroxylation is 1. The fourth-order valence-electron chi connectivity index (χ4n) is 2.33. The third-order valence-electron chi connectivity index (χ3n) is 3.70. The number of ether oxygens (including phenoxy) is 1. The van der Waals surface area contributed by atoms with Crippen LogP contribution in [0.25, 0.3) is 0 Å². The molecule has 0 aliphatic carbocycles. The third kappa shape index (κ3) is 4.63. The van der Waals surface area contributed by atoms with Crippen LogP contribution in [0, 0.1) is 18.3 Å². The van der Waals surface area contributed by atoms with Gasteiger partial charge in [0.15, 0.2) is 0 Å². The molecule has 0 unspecified atom stereocenters. The zero-order chi connectivity index (χ0) is 17.5. The molecule has 0 saturated heterocycles. The summed E-state index contributed by atoms with van der Waals surface area (Å²) < 4.78 is 5.20. The molecule has 0 aliphatic heterocycles. The fourth-order valence-corrected chi connectivity index (χ4v) is 3.13. The molecule has 0 N–H and O–H groups in total. The predicted molar refractivity (Wildman–Crippen MR) is 98.0 cm³/mol. The highest BCUT2D eigenvalue weighted by Crippen LogP contribution is 2.22. The fraction of sp³-hybridized carbons (Fsp3) is 0.389. The molecule has 5 nitrogen and oxygen atoms in total. The van der Waals surface area contributed by atoms with E-state index in [1.165, 1.54) is 11.3 Å². The lowest BCUT2D eigenvalue weighted by Gasteiger charge is -2.23. The zero-order valence-electron chi connectivity index (χ0n) is 14.4. The normalized spacial score (nSPS) is 13.8. The van der Waals surface area contributed by atoms with Gasteiger partial charge in [-0.05, 0) is 38.7 Å². The number of thiazole rings is 1. The summed E-state index contributed by atoms with van der Waals surface area (Å²) in [6.07, 6.45) is 1.71. The van der Waals surface area contributed by atoms with Crippen molar-refractivity contribution in [3.8, 4) is 11.8 Å². The molecule has 1 aromatic heterocycles. The molecule has 2 rings (SSSR count). The lowest BCUT2D eigenvalue weighted by atomic mass is 10.1. The summed E-state index contributed by atoms with van der Waals surface area (Å²) in [6.45, 7) is 2.51. The quantitative estimate of drug-likeness (QED) is 0.723. The van der Waals surface area contributed by atoms with Gasteiger partial charge in [-0.1, -0.05) is 12.1 Å². The first-order chi connectivity index (χ1) is 11.5. The number of nitrogens with zero attached hydrogens (tertiary/aromatic N) is 4. The van der Waals surface area contributed by atoms with Gasteiger partial charge >= 0.3 is 0 Å². The first-order valence-corrected chi connectivity index (χ1v) is 8.55. The van der Waals surface area contributed by atoms with Gasteiger partial charge in [0.25, 0.3) is 0 Å². The number of benzene rings is 1. The Morgan fingerprint density at radius 2 is 2.08 bits per heavy atom. The van der Waals surface area contributed by atoms with E-state index in [1.54, 1.807) is 13.3 Å². The van der Waals surface area contributed by atoms with Crippen LogP contribution in [-0.4, -0.2) is 43.8 Å². The molecular formula is C18H22N4OS. The summed E-state index contributed by atoms with van der Waals surface area (Å²) in [5.74, 6) is 0.450. The molecule has 126 valence electrons. The van der Waals surface area contributed by atoms with Gasteiger partial charge in [-0.25, -0.2) is 4.98 Å². The van der Waals surface area contributed by atoms with Crippen LogP contribution >= 0.6 is 11.3 Å². The van der Waals surface area contributed by atoms with Crippen molar-refractivity contribution in [1.29, 1.82) is 5.26 Å². The van der Waals surface area contributed by atoms with Crippen LogP contribution in [0.2, 0.25) is 0 Å². The Morgan fingerprint density at radius 1 is 1.38 bits per heavy atom. The van der Waals surface area contributed by atoms with Crippen molar-refractivity contribution in [2.75, 3.05) is 27.7 Å². The maximum atomic E-state index is 9.34. The Balaban J connectivity index is 2.08. The van der Waals surface area contributed by atoms with Gasteiger partial charge in [0.2, 0.25) is 0 Å². The molecule has 6 heteroatoms. The molecular weight excluding hydrogens is 320 g/mol. The van der Waals surface area contributed by atoms with E-state index >= 15 is 0 Å². The third-order valence-corrected chi connectivity index (χ3v) is 4.74. The molecule has 0 bridgehead atoms. The monoisotopic (exact) mass is 342 g/mol. The van der Waals surface area contributed by atoms with E-state index < -0.39 is 0 Å². The maximum Gasteiger partial charge on any atom is 0.133 e. The SMILES string of the molecule is COc1ccc([C@@H](CN=C[C@@H](C#N)c2nc(C)cs2)N(C)C)cc1. The van der Waals surface area contributed by atoms with E-state index in [0.29, 0.717) is 6.54 Å². The maximum absolute atomic E-state index is 9.34. The molecule has 24 heavy (non-hydrogen) atoms. The van der Waals surface area contributed by atoms with Crippen LogP contribution in [0.15, 0.2) is 34.6 Å². The number of hydrogen-bond acceptors (Lipinski definition) is 6. The van der Waals surface area contributed by atoms with Gasteiger partial charge in [0, 0.05) is 17.3 Å². The van der Waals surface area contributed by atoms with Crippen molar-refractivity contribution in [1.82, 2.24) is 9.88 Å². The number of rotatable bonds is 7. The lowest BCUT2D eigenvalue weighted by Crippen LogP contribution is -2.22. The summed E-state index contributed by atoms with van der Waals surface area (Å²) in [5.41, 5.74) is 2.10. The molecule has 0 amide bonds. The Labute approximate surface area is 147 Å². The minimum absolute atomic E-state index is 0.143. The molecule has 1 heterocycles. The average Bonchev–Trinajstić information content (AvgIpc) is 3.01. The van der Waals surface area contributed by atoms with E-state index in [1.807, 2.05) is 50.7 Å². The molecule has 2 atom stereocenters. The molecule has 0 radical (unpaired) electrons. The first-order valence-electron chi connectivity index (χ1n) is 7.67. The van der Waals surface area contributed by atoms with Crippen molar-refractivity contribution in [3.05, 3.63) is 45.9 Å². The number of methoxy groups -OCH3 is 1. The Bertz CT molecular complexity index is 715. The van der Waals surface area contributed by atoms with E-state index in [-0.39, 0.29) is 12.0 Å². The summed E-state index contributed by atoms with van der Waals surface area (Å²) in [5, 5.41) is 12.1. The smallest absolute Gasteiger partial charge is 0.133 e. The van der Waals surface area contributed by atoms with Gasteiger partial charge in [-0.3, -0.25) is 4.99 Å². The minimum Gasteiger partial charge on any atom is -0.497 e. The van der Waals surface area contributed by atoms with Crippen molar-refractivity contribution >= 4 is 17.6 Å². The largest absolute Gasteiger partial charge is 0.497 e. The molecule has 0 aliphatic rings. The van der Waals surface area contributed by atoms with E-state index in [2.05, 4.69) is 20.9 Å².